The lowest BCUT2D eigenvalue weighted by Crippen LogP contribution is -2.37. The minimum atomic E-state index is -1.24. The van der Waals surface area contributed by atoms with Crippen molar-refractivity contribution in [1.29, 1.82) is 0 Å². The van der Waals surface area contributed by atoms with E-state index in [-0.39, 0.29) is 12.2 Å². The molecule has 0 saturated heterocycles. The summed E-state index contributed by atoms with van der Waals surface area (Å²) in [5, 5.41) is 16.9. The Bertz CT molecular complexity index is 909. The van der Waals surface area contributed by atoms with Gasteiger partial charge in [0.1, 0.15) is 6.61 Å². The molecule has 2 rings (SSSR count). The Morgan fingerprint density at radius 2 is 1.79 bits per heavy atom. The summed E-state index contributed by atoms with van der Waals surface area (Å²) in [7, 11) is 1.48. The predicted octanol–water partition coefficient (Wildman–Crippen LogP) is 0.224. The number of aromatic carboxylic acids is 1. The third-order valence-electron chi connectivity index (χ3n) is 3.69. The monoisotopic (exact) mass is 398 g/mol. The van der Waals surface area contributed by atoms with Gasteiger partial charge in [-0.2, -0.15) is 5.10 Å². The van der Waals surface area contributed by atoms with Crippen LogP contribution in [0.2, 0.25) is 0 Å². The molecule has 9 heteroatoms. The first-order valence-corrected chi connectivity index (χ1v) is 8.67. The van der Waals surface area contributed by atoms with Crippen LogP contribution in [0.4, 0.5) is 0 Å². The highest BCUT2D eigenvalue weighted by Crippen LogP contribution is 2.28. The first-order valence-electron chi connectivity index (χ1n) is 8.67. The van der Waals surface area contributed by atoms with Crippen LogP contribution in [0.5, 0.6) is 11.5 Å². The lowest BCUT2D eigenvalue weighted by atomic mass is 10.1. The second-order valence-corrected chi connectivity index (χ2v) is 5.74. The first kappa shape index (κ1) is 21.4. The number of carboxylic acids is 1. The molecule has 29 heavy (non-hydrogen) atoms. The van der Waals surface area contributed by atoms with Crippen molar-refractivity contribution in [2.75, 3.05) is 13.7 Å². The van der Waals surface area contributed by atoms with Crippen LogP contribution in [0.25, 0.3) is 0 Å². The molecule has 0 aliphatic rings. The molecule has 0 aliphatic carbocycles. The van der Waals surface area contributed by atoms with E-state index in [0.29, 0.717) is 23.6 Å². The molecule has 152 valence electrons. The molecular formula is C20H20N3O6-. The van der Waals surface area contributed by atoms with E-state index >= 15 is 0 Å². The van der Waals surface area contributed by atoms with Crippen LogP contribution in [0.3, 0.4) is 0 Å². The van der Waals surface area contributed by atoms with Gasteiger partial charge in [-0.1, -0.05) is 24.3 Å². The minimum Gasteiger partial charge on any atom is -0.545 e. The van der Waals surface area contributed by atoms with Crippen molar-refractivity contribution in [1.82, 2.24) is 10.7 Å². The van der Waals surface area contributed by atoms with E-state index in [0.717, 1.165) is 5.56 Å². The predicted molar refractivity (Wildman–Crippen MR) is 103 cm³/mol. The number of carboxylic acid groups (broad SMARTS) is 1. The number of rotatable bonds is 8. The van der Waals surface area contributed by atoms with Gasteiger partial charge in [-0.15, -0.1) is 0 Å². The molecule has 0 unspecified atom stereocenters. The maximum atomic E-state index is 11.5. The van der Waals surface area contributed by atoms with Crippen molar-refractivity contribution in [2.24, 2.45) is 5.10 Å². The fourth-order valence-corrected chi connectivity index (χ4v) is 2.24. The maximum absolute atomic E-state index is 11.5. The van der Waals surface area contributed by atoms with Crippen LogP contribution in [0.1, 0.15) is 28.4 Å². The van der Waals surface area contributed by atoms with Gasteiger partial charge in [-0.05, 0) is 41.8 Å². The number of nitrogens with one attached hydrogen (secondary N) is 2. The summed E-state index contributed by atoms with van der Waals surface area (Å²) in [6.45, 7) is 2.25. The molecule has 0 saturated carbocycles. The number of likely N-dealkylation sites (N-methyl/N-ethyl adjacent to an activating group) is 1. The standard InChI is InChI=1S/C20H21N3O6/c1-3-21-18(24)19(25)23-22-11-14-6-9-16(17(10-14)28-2)29-12-13-4-7-15(8-5-13)20(26)27/h4-11H,3,12H2,1-2H3,(H,21,24)(H,23,25)(H,26,27)/p-1/b22-11-. The number of benzene rings is 2. The Morgan fingerprint density at radius 3 is 2.41 bits per heavy atom. The van der Waals surface area contributed by atoms with Crippen LogP contribution in [-0.2, 0) is 16.2 Å². The van der Waals surface area contributed by atoms with Crippen molar-refractivity contribution in [3.8, 4) is 11.5 Å². The van der Waals surface area contributed by atoms with E-state index < -0.39 is 17.8 Å². The number of methoxy groups -OCH3 is 1. The number of nitrogens with zero attached hydrogens (tertiary/aromatic N) is 1. The Morgan fingerprint density at radius 1 is 1.07 bits per heavy atom. The molecule has 0 heterocycles. The normalized spacial score (nSPS) is 10.4. The number of amides is 2. The fraction of sp³-hybridized carbons (Fsp3) is 0.200. The summed E-state index contributed by atoms with van der Waals surface area (Å²) in [5.74, 6) is -1.95. The zero-order valence-electron chi connectivity index (χ0n) is 15.9. The Balaban J connectivity index is 1.99. The largest absolute Gasteiger partial charge is 0.545 e. The molecule has 2 aromatic rings. The summed E-state index contributed by atoms with van der Waals surface area (Å²) >= 11 is 0. The van der Waals surface area contributed by atoms with E-state index in [1.165, 1.54) is 25.5 Å². The third-order valence-corrected chi connectivity index (χ3v) is 3.69. The number of hydrazone groups is 1. The lowest BCUT2D eigenvalue weighted by Gasteiger charge is -2.12. The van der Waals surface area contributed by atoms with E-state index in [4.69, 9.17) is 9.47 Å². The van der Waals surface area contributed by atoms with E-state index in [9.17, 15) is 19.5 Å². The number of carbonyl (C=O) groups is 3. The SMILES string of the molecule is CCNC(=O)C(=O)N/N=C\c1ccc(OCc2ccc(C(=O)[O-])cc2)c(OC)c1. The lowest BCUT2D eigenvalue weighted by molar-refractivity contribution is -0.255. The topological polar surface area (TPSA) is 129 Å². The first-order chi connectivity index (χ1) is 13.9. The Labute approximate surface area is 167 Å². The molecule has 0 aliphatic heterocycles. The van der Waals surface area contributed by atoms with E-state index in [1.54, 1.807) is 37.3 Å². The van der Waals surface area contributed by atoms with Crippen molar-refractivity contribution in [2.45, 2.75) is 13.5 Å². The smallest absolute Gasteiger partial charge is 0.329 e. The van der Waals surface area contributed by atoms with Crippen LogP contribution < -0.4 is 25.3 Å². The van der Waals surface area contributed by atoms with Crippen LogP contribution in [-0.4, -0.2) is 37.7 Å². The quantitative estimate of drug-likeness (QED) is 0.372. The zero-order chi connectivity index (χ0) is 21.2. The van der Waals surface area contributed by atoms with Crippen LogP contribution in [0.15, 0.2) is 47.6 Å². The average Bonchev–Trinajstić information content (AvgIpc) is 2.72. The molecule has 2 amide bonds. The van der Waals surface area contributed by atoms with Crippen LogP contribution >= 0.6 is 0 Å². The summed E-state index contributed by atoms with van der Waals surface area (Å²) in [5.41, 5.74) is 3.61. The third kappa shape index (κ3) is 6.35. The fourth-order valence-electron chi connectivity index (χ4n) is 2.24. The van der Waals surface area contributed by atoms with Gasteiger partial charge >= 0.3 is 11.8 Å². The van der Waals surface area contributed by atoms with Crippen molar-refractivity contribution in [3.63, 3.8) is 0 Å². The molecular weight excluding hydrogens is 378 g/mol. The summed E-state index contributed by atoms with van der Waals surface area (Å²) in [4.78, 5) is 33.5. The second-order valence-electron chi connectivity index (χ2n) is 5.74. The number of ether oxygens (including phenoxy) is 2. The van der Waals surface area contributed by atoms with Gasteiger partial charge < -0.3 is 24.7 Å². The number of hydrogen-bond donors (Lipinski definition) is 2. The second kappa shape index (κ2) is 10.5. The van der Waals surface area contributed by atoms with Gasteiger partial charge in [0.25, 0.3) is 0 Å². The van der Waals surface area contributed by atoms with Gasteiger partial charge in [0.05, 0.1) is 19.3 Å². The molecule has 0 radical (unpaired) electrons. The number of hydrogen-bond acceptors (Lipinski definition) is 7. The molecule has 2 aromatic carbocycles. The Hall–Kier alpha value is -3.88. The van der Waals surface area contributed by atoms with Crippen molar-refractivity contribution in [3.05, 3.63) is 59.2 Å². The van der Waals surface area contributed by atoms with Crippen molar-refractivity contribution >= 4 is 24.0 Å². The maximum Gasteiger partial charge on any atom is 0.329 e. The molecule has 2 N–H and O–H groups in total. The highest BCUT2D eigenvalue weighted by Gasteiger charge is 2.10. The van der Waals surface area contributed by atoms with Gasteiger partial charge in [-0.3, -0.25) is 9.59 Å². The molecule has 9 nitrogen and oxygen atoms in total. The van der Waals surface area contributed by atoms with Crippen molar-refractivity contribution < 1.29 is 29.0 Å². The van der Waals surface area contributed by atoms with Gasteiger partial charge in [0.15, 0.2) is 11.5 Å². The summed E-state index contributed by atoms with van der Waals surface area (Å²) < 4.78 is 11.0. The molecule has 0 bridgehead atoms. The van der Waals surface area contributed by atoms with Gasteiger partial charge in [0.2, 0.25) is 0 Å². The van der Waals surface area contributed by atoms with Gasteiger partial charge in [0, 0.05) is 6.54 Å². The molecule has 0 aromatic heterocycles. The minimum absolute atomic E-state index is 0.0919. The molecule has 0 atom stereocenters. The van der Waals surface area contributed by atoms with E-state index in [2.05, 4.69) is 15.8 Å². The van der Waals surface area contributed by atoms with E-state index in [1.807, 2.05) is 0 Å². The summed E-state index contributed by atoms with van der Waals surface area (Å²) in [6.07, 6.45) is 1.36. The zero-order valence-corrected chi connectivity index (χ0v) is 15.9. The average molecular weight is 398 g/mol. The molecule has 0 spiro atoms. The van der Waals surface area contributed by atoms with Gasteiger partial charge in [-0.25, -0.2) is 5.43 Å². The van der Waals surface area contributed by atoms with Crippen LogP contribution in [0, 0.1) is 0 Å². The number of carbonyl (C=O) groups excluding carboxylic acids is 3. The highest BCUT2D eigenvalue weighted by atomic mass is 16.5. The highest BCUT2D eigenvalue weighted by molar-refractivity contribution is 6.35. The molecule has 0 fully saturated rings. The Kier molecular flexibility index (Phi) is 7.72. The summed E-state index contributed by atoms with van der Waals surface area (Å²) in [6, 6.07) is 11.2.